The molecule has 7 nitrogen and oxygen atoms in total. The number of nitrogens with one attached hydrogen (secondary N) is 1. The quantitative estimate of drug-likeness (QED) is 0.559. The topological polar surface area (TPSA) is 81.4 Å². The van der Waals surface area contributed by atoms with Crippen molar-refractivity contribution in [3.63, 3.8) is 0 Å². The highest BCUT2D eigenvalue weighted by Crippen LogP contribution is 2.45. The number of H-pyrrole nitrogens is 1. The second-order valence-corrected chi connectivity index (χ2v) is 11.7. The average molecular weight is 481 g/mol. The molecule has 1 N–H and O–H groups in total. The molecule has 1 aromatic carbocycles. The molecule has 1 fully saturated rings. The fraction of sp³-hybridized carbons (Fsp3) is 0.500. The lowest BCUT2D eigenvalue weighted by Crippen LogP contribution is -2.35. The molecule has 3 aromatic rings. The summed E-state index contributed by atoms with van der Waals surface area (Å²) in [5.41, 5.74) is 1.66. The zero-order chi connectivity index (χ0) is 24.2. The first-order valence-electron chi connectivity index (χ1n) is 12.0. The standard InChI is InChI=1S/C26H32N4O3S/c1-15(2)14-29-20-9-7-6-8-17(20)12-19(25(29)32)22-21-23(27-16(3)34-22)30(28-24(21)31)18-10-11-33-26(4,5)13-18/h6-9,12,15,18,22H,10-11,13-14H2,1-5H3,(H,28,31)/t18-,22+/m1/s1. The van der Waals surface area contributed by atoms with E-state index in [0.29, 0.717) is 36.0 Å². The molecule has 34 heavy (non-hydrogen) atoms. The van der Waals surface area contributed by atoms with Gasteiger partial charge < -0.3 is 9.30 Å². The first-order valence-corrected chi connectivity index (χ1v) is 12.9. The summed E-state index contributed by atoms with van der Waals surface area (Å²) in [6.07, 6.45) is 1.59. The van der Waals surface area contributed by atoms with Crippen molar-refractivity contribution < 1.29 is 4.74 Å². The summed E-state index contributed by atoms with van der Waals surface area (Å²) in [5, 5.41) is 4.51. The van der Waals surface area contributed by atoms with Gasteiger partial charge in [0.1, 0.15) is 0 Å². The highest BCUT2D eigenvalue weighted by Gasteiger charge is 2.37. The van der Waals surface area contributed by atoms with Crippen LogP contribution >= 0.6 is 11.8 Å². The van der Waals surface area contributed by atoms with Gasteiger partial charge in [0, 0.05) is 18.7 Å². The van der Waals surface area contributed by atoms with Crippen LogP contribution in [0.4, 0.5) is 5.82 Å². The predicted octanol–water partition coefficient (Wildman–Crippen LogP) is 5.16. The second-order valence-electron chi connectivity index (χ2n) is 10.4. The zero-order valence-corrected chi connectivity index (χ0v) is 21.2. The Kier molecular flexibility index (Phi) is 5.84. The number of nitrogens with zero attached hydrogens (tertiary/aromatic N) is 3. The van der Waals surface area contributed by atoms with Crippen molar-refractivity contribution >= 4 is 33.5 Å². The summed E-state index contributed by atoms with van der Waals surface area (Å²) >= 11 is 1.49. The van der Waals surface area contributed by atoms with E-state index in [1.165, 1.54) is 11.8 Å². The van der Waals surface area contributed by atoms with Crippen molar-refractivity contribution in [3.8, 4) is 0 Å². The lowest BCUT2D eigenvalue weighted by molar-refractivity contribution is -0.0705. The number of para-hydroxylation sites is 1. The van der Waals surface area contributed by atoms with Crippen LogP contribution in [0.2, 0.25) is 0 Å². The maximum absolute atomic E-state index is 13.8. The minimum Gasteiger partial charge on any atom is -0.375 e. The van der Waals surface area contributed by atoms with E-state index in [1.54, 1.807) is 0 Å². The molecule has 0 aliphatic carbocycles. The van der Waals surface area contributed by atoms with Gasteiger partial charge in [0.2, 0.25) is 0 Å². The molecule has 0 saturated carbocycles. The van der Waals surface area contributed by atoms with Crippen LogP contribution in [-0.4, -0.2) is 31.6 Å². The van der Waals surface area contributed by atoms with Crippen molar-refractivity contribution in [2.24, 2.45) is 10.9 Å². The number of aliphatic imine (C=N–C) groups is 1. The van der Waals surface area contributed by atoms with E-state index in [1.807, 2.05) is 46.5 Å². The summed E-state index contributed by atoms with van der Waals surface area (Å²) < 4.78 is 9.68. The Hall–Kier alpha value is -2.58. The molecule has 2 atom stereocenters. The Bertz CT molecular complexity index is 1400. The Labute approximate surface area is 203 Å². The predicted molar refractivity (Wildman–Crippen MR) is 139 cm³/mol. The van der Waals surface area contributed by atoms with E-state index in [2.05, 4.69) is 32.8 Å². The average Bonchev–Trinajstić information content (AvgIpc) is 3.10. The van der Waals surface area contributed by atoms with Crippen LogP contribution in [0.5, 0.6) is 0 Å². The number of rotatable bonds is 4. The lowest BCUT2D eigenvalue weighted by Gasteiger charge is -2.36. The van der Waals surface area contributed by atoms with Gasteiger partial charge in [-0.3, -0.25) is 19.4 Å². The molecule has 4 heterocycles. The van der Waals surface area contributed by atoms with E-state index >= 15 is 0 Å². The minimum absolute atomic E-state index is 0.0371. The van der Waals surface area contributed by atoms with Crippen LogP contribution in [0.1, 0.15) is 69.9 Å². The Morgan fingerprint density at radius 2 is 2.03 bits per heavy atom. The first-order chi connectivity index (χ1) is 16.1. The van der Waals surface area contributed by atoms with Crippen molar-refractivity contribution in [2.45, 2.75) is 70.9 Å². The molecule has 2 aromatic heterocycles. The number of benzene rings is 1. The fourth-order valence-electron chi connectivity index (χ4n) is 5.20. The molecular weight excluding hydrogens is 448 g/mol. The van der Waals surface area contributed by atoms with Gasteiger partial charge in [0.05, 0.1) is 33.0 Å². The lowest BCUT2D eigenvalue weighted by atomic mass is 9.94. The van der Waals surface area contributed by atoms with Gasteiger partial charge in [-0.05, 0) is 57.0 Å². The third-order valence-electron chi connectivity index (χ3n) is 6.65. The van der Waals surface area contributed by atoms with Gasteiger partial charge in [-0.15, -0.1) is 0 Å². The molecule has 0 spiro atoms. The van der Waals surface area contributed by atoms with Crippen molar-refractivity contribution in [3.05, 3.63) is 62.2 Å². The van der Waals surface area contributed by atoms with Crippen LogP contribution in [0.15, 0.2) is 44.9 Å². The van der Waals surface area contributed by atoms with Gasteiger partial charge in [-0.1, -0.05) is 43.8 Å². The van der Waals surface area contributed by atoms with Gasteiger partial charge >= 0.3 is 0 Å². The Morgan fingerprint density at radius 1 is 1.26 bits per heavy atom. The van der Waals surface area contributed by atoms with Crippen molar-refractivity contribution in [2.75, 3.05) is 6.61 Å². The minimum atomic E-state index is -0.402. The highest BCUT2D eigenvalue weighted by atomic mass is 32.2. The summed E-state index contributed by atoms with van der Waals surface area (Å²) in [6, 6.07) is 10.0. The Morgan fingerprint density at radius 3 is 2.76 bits per heavy atom. The number of thioether (sulfide) groups is 1. The molecule has 2 aliphatic rings. The molecule has 0 amide bonds. The van der Waals surface area contributed by atoms with E-state index in [-0.39, 0.29) is 22.8 Å². The number of fused-ring (bicyclic) bond motifs is 2. The largest absolute Gasteiger partial charge is 0.375 e. The highest BCUT2D eigenvalue weighted by molar-refractivity contribution is 8.14. The van der Waals surface area contributed by atoms with Gasteiger partial charge in [-0.25, -0.2) is 4.99 Å². The van der Waals surface area contributed by atoms with Crippen LogP contribution in [0.3, 0.4) is 0 Å². The maximum atomic E-state index is 13.8. The summed E-state index contributed by atoms with van der Waals surface area (Å²) in [6.45, 7) is 11.6. The SMILES string of the molecule is CC1=Nc2c(c(=O)[nH]n2[C@@H]2CCOC(C)(C)C2)[C@H](c2cc3ccccc3n(CC(C)C)c2=O)S1. The number of aromatic nitrogens is 3. The van der Waals surface area contributed by atoms with E-state index in [9.17, 15) is 9.59 Å². The molecule has 2 aliphatic heterocycles. The molecule has 180 valence electrons. The summed E-state index contributed by atoms with van der Waals surface area (Å²) in [5.74, 6) is 0.965. The number of pyridine rings is 1. The second kappa shape index (κ2) is 8.57. The molecule has 1 saturated heterocycles. The van der Waals surface area contributed by atoms with E-state index < -0.39 is 5.25 Å². The van der Waals surface area contributed by atoms with Gasteiger partial charge in [0.15, 0.2) is 5.82 Å². The number of hydrogen-bond acceptors (Lipinski definition) is 5. The van der Waals surface area contributed by atoms with E-state index in [4.69, 9.17) is 9.73 Å². The smallest absolute Gasteiger partial charge is 0.271 e. The van der Waals surface area contributed by atoms with Crippen LogP contribution < -0.4 is 11.1 Å². The normalized spacial score (nSPS) is 22.1. The molecule has 0 unspecified atom stereocenters. The van der Waals surface area contributed by atoms with Crippen molar-refractivity contribution in [1.82, 2.24) is 14.3 Å². The third-order valence-corrected chi connectivity index (χ3v) is 7.80. The monoisotopic (exact) mass is 480 g/mol. The zero-order valence-electron chi connectivity index (χ0n) is 20.4. The van der Waals surface area contributed by atoms with E-state index in [0.717, 1.165) is 28.8 Å². The Balaban J connectivity index is 1.68. The number of hydrogen-bond donors (Lipinski definition) is 1. The molecular formula is C26H32N4O3S. The van der Waals surface area contributed by atoms with Crippen LogP contribution in [0, 0.1) is 5.92 Å². The molecule has 0 radical (unpaired) electrons. The molecule has 5 rings (SSSR count). The third kappa shape index (κ3) is 4.07. The fourth-order valence-corrected chi connectivity index (χ4v) is 6.30. The summed E-state index contributed by atoms with van der Waals surface area (Å²) in [4.78, 5) is 31.9. The van der Waals surface area contributed by atoms with Crippen LogP contribution in [0.25, 0.3) is 10.9 Å². The van der Waals surface area contributed by atoms with Gasteiger partial charge in [0.25, 0.3) is 11.1 Å². The van der Waals surface area contributed by atoms with Crippen molar-refractivity contribution in [1.29, 1.82) is 0 Å². The van der Waals surface area contributed by atoms with Crippen LogP contribution in [-0.2, 0) is 11.3 Å². The number of aromatic amines is 1. The van der Waals surface area contributed by atoms with Gasteiger partial charge in [-0.2, -0.15) is 0 Å². The summed E-state index contributed by atoms with van der Waals surface area (Å²) in [7, 11) is 0. The first kappa shape index (κ1) is 23.2. The molecule has 0 bridgehead atoms. The molecule has 8 heteroatoms. The maximum Gasteiger partial charge on any atom is 0.271 e. The number of ether oxygens (including phenoxy) is 1.